The van der Waals surface area contributed by atoms with E-state index in [1.165, 1.54) is 11.8 Å². The lowest BCUT2D eigenvalue weighted by molar-refractivity contribution is 0.0692. The van der Waals surface area contributed by atoms with Crippen molar-refractivity contribution >= 4 is 17.7 Å². The van der Waals surface area contributed by atoms with E-state index >= 15 is 0 Å². The number of rotatable bonds is 6. The molecule has 0 atom stereocenters. The Hall–Kier alpha value is -2.01. The van der Waals surface area contributed by atoms with E-state index in [4.69, 9.17) is 9.84 Å². The van der Waals surface area contributed by atoms with Crippen molar-refractivity contribution in [1.29, 1.82) is 0 Å². The number of thioether (sulfide) groups is 1. The Kier molecular flexibility index (Phi) is 5.01. The van der Waals surface area contributed by atoms with Crippen LogP contribution in [0.3, 0.4) is 0 Å². The minimum absolute atomic E-state index is 0.239. The summed E-state index contributed by atoms with van der Waals surface area (Å²) in [6, 6.07) is 11.0. The van der Waals surface area contributed by atoms with Gasteiger partial charge < -0.3 is 9.84 Å². The Morgan fingerprint density at radius 1 is 1.30 bits per heavy atom. The van der Waals surface area contributed by atoms with Gasteiger partial charge in [0.1, 0.15) is 10.8 Å². The van der Waals surface area contributed by atoms with Crippen LogP contribution >= 0.6 is 11.8 Å². The third-order valence-electron chi connectivity index (χ3n) is 2.61. The van der Waals surface area contributed by atoms with E-state index in [1.807, 2.05) is 31.2 Å². The molecular weight excluding hydrogens is 274 g/mol. The summed E-state index contributed by atoms with van der Waals surface area (Å²) in [7, 11) is 0. The molecule has 0 spiro atoms. The highest BCUT2D eigenvalue weighted by atomic mass is 32.2. The van der Waals surface area contributed by atoms with Gasteiger partial charge in [-0.2, -0.15) is 0 Å². The average Bonchev–Trinajstić information content (AvgIpc) is 2.47. The fraction of sp³-hybridized carbons (Fsp3) is 0.200. The number of pyridine rings is 1. The maximum absolute atomic E-state index is 11.1. The Balaban J connectivity index is 2.03. The van der Waals surface area contributed by atoms with E-state index in [0.29, 0.717) is 17.4 Å². The van der Waals surface area contributed by atoms with Gasteiger partial charge in [0, 0.05) is 11.9 Å². The van der Waals surface area contributed by atoms with Gasteiger partial charge in [0.15, 0.2) is 0 Å². The molecule has 0 bridgehead atoms. The minimum Gasteiger partial charge on any atom is -0.494 e. The van der Waals surface area contributed by atoms with Crippen LogP contribution < -0.4 is 4.74 Å². The van der Waals surface area contributed by atoms with Gasteiger partial charge in [-0.25, -0.2) is 9.78 Å². The molecule has 0 saturated carbocycles. The fourth-order valence-corrected chi connectivity index (χ4v) is 2.61. The predicted molar refractivity (Wildman–Crippen MR) is 78.4 cm³/mol. The smallest absolute Gasteiger partial charge is 0.338 e. The number of aromatic nitrogens is 1. The van der Waals surface area contributed by atoms with E-state index in [1.54, 1.807) is 18.3 Å². The Bertz CT molecular complexity index is 584. The highest BCUT2D eigenvalue weighted by Gasteiger charge is 2.10. The Morgan fingerprint density at radius 2 is 2.05 bits per heavy atom. The standard InChI is InChI=1S/C15H15NO3S/c1-2-19-12-7-5-11(6-8-12)10-20-14-13(15(17)18)4-3-9-16-14/h3-9H,2,10H2,1H3,(H,17,18). The largest absolute Gasteiger partial charge is 0.494 e. The van der Waals surface area contributed by atoms with Crippen LogP contribution in [0.4, 0.5) is 0 Å². The molecule has 104 valence electrons. The number of benzene rings is 1. The number of hydrogen-bond acceptors (Lipinski definition) is 4. The summed E-state index contributed by atoms with van der Waals surface area (Å²) in [5.41, 5.74) is 1.34. The fourth-order valence-electron chi connectivity index (χ4n) is 1.67. The van der Waals surface area contributed by atoms with Gasteiger partial charge in [-0.3, -0.25) is 0 Å². The van der Waals surface area contributed by atoms with E-state index in [0.717, 1.165) is 11.3 Å². The van der Waals surface area contributed by atoms with Crippen molar-refractivity contribution in [3.8, 4) is 5.75 Å². The maximum atomic E-state index is 11.1. The molecule has 0 saturated heterocycles. The van der Waals surface area contributed by atoms with Crippen LogP contribution in [0.15, 0.2) is 47.6 Å². The van der Waals surface area contributed by atoms with E-state index < -0.39 is 5.97 Å². The Labute approximate surface area is 121 Å². The lowest BCUT2D eigenvalue weighted by Crippen LogP contribution is -2.00. The second-order valence-electron chi connectivity index (χ2n) is 4.03. The van der Waals surface area contributed by atoms with Crippen molar-refractivity contribution in [3.05, 3.63) is 53.7 Å². The Morgan fingerprint density at radius 3 is 2.70 bits per heavy atom. The van der Waals surface area contributed by atoms with Crippen molar-refractivity contribution in [2.75, 3.05) is 6.61 Å². The molecule has 0 unspecified atom stereocenters. The van der Waals surface area contributed by atoms with E-state index in [2.05, 4.69) is 4.98 Å². The molecule has 4 nitrogen and oxygen atoms in total. The van der Waals surface area contributed by atoms with Gasteiger partial charge in [-0.05, 0) is 36.8 Å². The second kappa shape index (κ2) is 6.96. The molecule has 0 aliphatic carbocycles. The van der Waals surface area contributed by atoms with E-state index in [9.17, 15) is 4.79 Å². The second-order valence-corrected chi connectivity index (χ2v) is 4.99. The van der Waals surface area contributed by atoms with Crippen LogP contribution in [-0.4, -0.2) is 22.7 Å². The van der Waals surface area contributed by atoms with Crippen molar-refractivity contribution in [1.82, 2.24) is 4.98 Å². The van der Waals surface area contributed by atoms with Crippen molar-refractivity contribution in [3.63, 3.8) is 0 Å². The molecule has 2 aromatic rings. The summed E-state index contributed by atoms with van der Waals surface area (Å²) in [5.74, 6) is 0.557. The molecule has 0 fully saturated rings. The molecule has 1 aromatic heterocycles. The lowest BCUT2D eigenvalue weighted by atomic mass is 10.2. The monoisotopic (exact) mass is 289 g/mol. The first-order chi connectivity index (χ1) is 9.70. The third-order valence-corrected chi connectivity index (χ3v) is 3.69. The molecule has 1 heterocycles. The highest BCUT2D eigenvalue weighted by Crippen LogP contribution is 2.25. The molecule has 0 amide bonds. The van der Waals surface area contributed by atoms with E-state index in [-0.39, 0.29) is 5.56 Å². The van der Waals surface area contributed by atoms with Gasteiger partial charge in [0.2, 0.25) is 0 Å². The zero-order valence-electron chi connectivity index (χ0n) is 11.1. The zero-order chi connectivity index (χ0) is 14.4. The van der Waals surface area contributed by atoms with Crippen LogP contribution in [0.5, 0.6) is 5.75 Å². The normalized spacial score (nSPS) is 10.2. The summed E-state index contributed by atoms with van der Waals surface area (Å²) >= 11 is 1.41. The predicted octanol–water partition coefficient (Wildman–Crippen LogP) is 3.47. The summed E-state index contributed by atoms with van der Waals surface area (Å²) in [5, 5.41) is 9.62. The number of ether oxygens (including phenoxy) is 1. The first-order valence-corrected chi connectivity index (χ1v) is 7.22. The third kappa shape index (κ3) is 3.74. The number of carboxylic acid groups (broad SMARTS) is 1. The van der Waals surface area contributed by atoms with Gasteiger partial charge in [0.05, 0.1) is 12.2 Å². The number of nitrogens with zero attached hydrogens (tertiary/aromatic N) is 1. The summed E-state index contributed by atoms with van der Waals surface area (Å²) < 4.78 is 5.38. The first-order valence-electron chi connectivity index (χ1n) is 6.23. The minimum atomic E-state index is -0.952. The van der Waals surface area contributed by atoms with Crippen molar-refractivity contribution in [2.45, 2.75) is 17.7 Å². The molecule has 2 rings (SSSR count). The number of carbonyl (C=O) groups is 1. The maximum Gasteiger partial charge on any atom is 0.338 e. The SMILES string of the molecule is CCOc1ccc(CSc2ncccc2C(=O)O)cc1. The van der Waals surface area contributed by atoms with Crippen LogP contribution in [0.25, 0.3) is 0 Å². The van der Waals surface area contributed by atoms with Crippen LogP contribution in [0, 0.1) is 0 Å². The van der Waals surface area contributed by atoms with Crippen LogP contribution in [0.2, 0.25) is 0 Å². The topological polar surface area (TPSA) is 59.4 Å². The highest BCUT2D eigenvalue weighted by molar-refractivity contribution is 7.98. The molecule has 0 radical (unpaired) electrons. The lowest BCUT2D eigenvalue weighted by Gasteiger charge is -2.06. The van der Waals surface area contributed by atoms with Gasteiger partial charge in [-0.15, -0.1) is 11.8 Å². The van der Waals surface area contributed by atoms with Gasteiger partial charge in [0.25, 0.3) is 0 Å². The van der Waals surface area contributed by atoms with Gasteiger partial charge in [-0.1, -0.05) is 12.1 Å². The molecule has 1 aromatic carbocycles. The zero-order valence-corrected chi connectivity index (χ0v) is 11.9. The van der Waals surface area contributed by atoms with Crippen LogP contribution in [-0.2, 0) is 5.75 Å². The van der Waals surface area contributed by atoms with Crippen molar-refractivity contribution in [2.24, 2.45) is 0 Å². The van der Waals surface area contributed by atoms with Gasteiger partial charge >= 0.3 is 5.97 Å². The molecule has 5 heteroatoms. The molecule has 1 N–H and O–H groups in total. The molecule has 20 heavy (non-hydrogen) atoms. The first kappa shape index (κ1) is 14.4. The number of aromatic carboxylic acids is 1. The molecular formula is C15H15NO3S. The number of hydrogen-bond donors (Lipinski definition) is 1. The molecule has 0 aliphatic rings. The summed E-state index contributed by atoms with van der Waals surface area (Å²) in [6.45, 7) is 2.59. The quantitative estimate of drug-likeness (QED) is 0.825. The number of carboxylic acids is 1. The summed E-state index contributed by atoms with van der Waals surface area (Å²) in [6.07, 6.45) is 1.60. The van der Waals surface area contributed by atoms with Crippen LogP contribution in [0.1, 0.15) is 22.8 Å². The summed E-state index contributed by atoms with van der Waals surface area (Å²) in [4.78, 5) is 15.2. The van der Waals surface area contributed by atoms with Crippen molar-refractivity contribution < 1.29 is 14.6 Å². The average molecular weight is 289 g/mol. The molecule has 0 aliphatic heterocycles.